The molecule has 48 heavy (non-hydrogen) atoms. The van der Waals surface area contributed by atoms with Crippen molar-refractivity contribution in [2.24, 2.45) is 0 Å². The molecule has 14 heteroatoms. The molecule has 0 saturated carbocycles. The third kappa shape index (κ3) is 13.6. The molecule has 0 aromatic heterocycles. The summed E-state index contributed by atoms with van der Waals surface area (Å²) in [6, 6.07) is 0. The molecule has 290 valence electrons. The predicted molar refractivity (Wildman–Crippen MR) is 192 cm³/mol. The van der Waals surface area contributed by atoms with Crippen molar-refractivity contribution >= 4 is 32.4 Å². The number of alkyl halides is 6. The van der Waals surface area contributed by atoms with E-state index in [9.17, 15) is 48.6 Å². The van der Waals surface area contributed by atoms with Gasteiger partial charge in [-0.25, -0.2) is 0 Å². The Balaban J connectivity index is 7.19. The van der Waals surface area contributed by atoms with E-state index in [0.717, 1.165) is 77.0 Å². The summed E-state index contributed by atoms with van der Waals surface area (Å²) in [4.78, 5) is 0. The standard InChI is InChI=1S/C34H66F6NO4PS2/c1-5-9-13-17-18-19-20-21-22-23-27-32(47(42,43)33(35,36)37,48(44,45)34(38,39)40)31(41)46(28-24-14-10-6-2,29-25-15-11-7-3)30-26-16-12-8-4/h41,46H,5-30H2,1-4H3. The Morgan fingerprint density at radius 1 is 0.458 bits per heavy atom. The zero-order valence-corrected chi connectivity index (χ0v) is 32.7. The predicted octanol–water partition coefficient (Wildman–Crippen LogP) is 12.3. The summed E-state index contributed by atoms with van der Waals surface area (Å²) >= 11 is 0. The van der Waals surface area contributed by atoms with Gasteiger partial charge in [0.25, 0.3) is 0 Å². The molecule has 0 spiro atoms. The van der Waals surface area contributed by atoms with Crippen molar-refractivity contribution in [3.8, 4) is 0 Å². The summed E-state index contributed by atoms with van der Waals surface area (Å²) in [5.74, 6) is 0. The fraction of sp³-hybridized carbons (Fsp3) is 0.971. The Bertz CT molecular complexity index is 1020. The first-order valence-electron chi connectivity index (χ1n) is 18.6. The minimum absolute atomic E-state index is 0.0722. The Morgan fingerprint density at radius 3 is 0.979 bits per heavy atom. The van der Waals surface area contributed by atoms with E-state index in [2.05, 4.69) is 6.92 Å². The SMILES string of the molecule is CCCCCCCCCCCCC(C(=N)[PH](CCCCCC)(CCCCCC)CCCCCC)(S(=O)(=O)C(F)(F)F)S(=O)(=O)C(F)(F)F. The van der Waals surface area contributed by atoms with E-state index in [1.54, 1.807) is 0 Å². The van der Waals surface area contributed by atoms with Crippen LogP contribution in [0, 0.1) is 5.41 Å². The minimum atomic E-state index is -7.04. The van der Waals surface area contributed by atoms with E-state index in [1.807, 2.05) is 20.8 Å². The van der Waals surface area contributed by atoms with Gasteiger partial charge in [-0.15, -0.1) is 0 Å². The summed E-state index contributed by atoms with van der Waals surface area (Å²) in [7, 11) is -17.9. The van der Waals surface area contributed by atoms with Crippen molar-refractivity contribution < 1.29 is 43.2 Å². The molecule has 0 rings (SSSR count). The summed E-state index contributed by atoms with van der Waals surface area (Å²) in [6.07, 6.45) is 13.3. The van der Waals surface area contributed by atoms with Gasteiger partial charge in [-0.05, 0) is 0 Å². The second kappa shape index (κ2) is 23.2. The van der Waals surface area contributed by atoms with Crippen LogP contribution in [0.15, 0.2) is 0 Å². The van der Waals surface area contributed by atoms with Crippen LogP contribution in [0.1, 0.15) is 175 Å². The molecule has 0 aliphatic heterocycles. The van der Waals surface area contributed by atoms with E-state index in [1.165, 1.54) is 0 Å². The van der Waals surface area contributed by atoms with Crippen LogP contribution in [-0.2, 0) is 19.7 Å². The van der Waals surface area contributed by atoms with Crippen LogP contribution in [0.2, 0.25) is 0 Å². The van der Waals surface area contributed by atoms with Crippen molar-refractivity contribution in [2.45, 2.75) is 190 Å². The molecule has 1 N–H and O–H groups in total. The first-order valence-corrected chi connectivity index (χ1v) is 24.2. The van der Waals surface area contributed by atoms with Crippen molar-refractivity contribution in [1.82, 2.24) is 0 Å². The van der Waals surface area contributed by atoms with Crippen molar-refractivity contribution in [1.29, 1.82) is 5.41 Å². The first kappa shape index (κ1) is 47.6. The number of halogens is 6. The second-order valence-corrected chi connectivity index (χ2v) is 22.8. The molecule has 0 aromatic carbocycles. The summed E-state index contributed by atoms with van der Waals surface area (Å²) in [5.41, 5.74) is -13.9. The molecule has 0 saturated heterocycles. The zero-order valence-electron chi connectivity index (χ0n) is 30.1. The van der Waals surface area contributed by atoms with E-state index in [0.29, 0.717) is 51.4 Å². The van der Waals surface area contributed by atoms with Gasteiger partial charge >= 0.3 is 277 Å². The normalized spacial score (nSPS) is 14.0. The van der Waals surface area contributed by atoms with Gasteiger partial charge in [-0.2, -0.15) is 0 Å². The van der Waals surface area contributed by atoms with E-state index < -0.39 is 60.3 Å². The van der Waals surface area contributed by atoms with Gasteiger partial charge in [0.15, 0.2) is 0 Å². The molecule has 0 aromatic rings. The molecular formula is C34H66F6NO4PS2. The molecule has 0 aliphatic carbocycles. The van der Waals surface area contributed by atoms with Gasteiger partial charge < -0.3 is 0 Å². The zero-order chi connectivity index (χ0) is 37.0. The van der Waals surface area contributed by atoms with E-state index in [-0.39, 0.29) is 24.9 Å². The maximum absolute atomic E-state index is 14.6. The molecular weight excluding hydrogens is 695 g/mol. The Kier molecular flexibility index (Phi) is 23.0. The summed E-state index contributed by atoms with van der Waals surface area (Å²) in [6.45, 7) is 7.94. The van der Waals surface area contributed by atoms with Gasteiger partial charge in [0.05, 0.1) is 0 Å². The number of hydrogen-bond acceptors (Lipinski definition) is 5. The molecule has 0 unspecified atom stereocenters. The molecule has 0 fully saturated rings. The van der Waals surface area contributed by atoms with Crippen molar-refractivity contribution in [3.05, 3.63) is 0 Å². The summed E-state index contributed by atoms with van der Waals surface area (Å²) < 4.78 is 137. The first-order chi connectivity index (χ1) is 22.4. The average Bonchev–Trinajstić information content (AvgIpc) is 3.00. The van der Waals surface area contributed by atoms with Gasteiger partial charge in [0.1, 0.15) is 0 Å². The van der Waals surface area contributed by atoms with Crippen LogP contribution in [0.5, 0.6) is 0 Å². The molecule has 5 nitrogen and oxygen atoms in total. The number of hydrogen-bond donors (Lipinski definition) is 1. The third-order valence-electron chi connectivity index (χ3n) is 9.77. The monoisotopic (exact) mass is 761 g/mol. The van der Waals surface area contributed by atoms with Crippen molar-refractivity contribution in [2.75, 3.05) is 18.5 Å². The molecule has 0 amide bonds. The van der Waals surface area contributed by atoms with Gasteiger partial charge in [0.2, 0.25) is 0 Å². The number of nitrogens with one attached hydrogen (secondary N) is 1. The number of unbranched alkanes of at least 4 members (excludes halogenated alkanes) is 18. The second-order valence-electron chi connectivity index (χ2n) is 13.7. The van der Waals surface area contributed by atoms with E-state index in [4.69, 9.17) is 0 Å². The van der Waals surface area contributed by atoms with Gasteiger partial charge in [-0.3, -0.25) is 0 Å². The van der Waals surface area contributed by atoms with Crippen LogP contribution >= 0.6 is 7.26 Å². The fourth-order valence-electron chi connectivity index (χ4n) is 6.85. The average molecular weight is 762 g/mol. The quantitative estimate of drug-likeness (QED) is 0.0341. The van der Waals surface area contributed by atoms with Crippen LogP contribution < -0.4 is 0 Å². The summed E-state index contributed by atoms with van der Waals surface area (Å²) in [5, 5.41) is 9.34. The number of sulfone groups is 2. The van der Waals surface area contributed by atoms with Crippen LogP contribution in [0.4, 0.5) is 26.3 Å². The topological polar surface area (TPSA) is 92.1 Å². The molecule has 0 heterocycles. The Labute approximate surface area is 289 Å². The molecule has 0 atom stereocenters. The molecule has 0 radical (unpaired) electrons. The molecule has 0 bridgehead atoms. The Morgan fingerprint density at radius 2 is 0.708 bits per heavy atom. The fourth-order valence-corrected chi connectivity index (χ4v) is 18.0. The van der Waals surface area contributed by atoms with Crippen LogP contribution in [0.25, 0.3) is 0 Å². The van der Waals surface area contributed by atoms with Gasteiger partial charge in [-0.1, -0.05) is 13.3 Å². The molecule has 0 aliphatic rings. The maximum atomic E-state index is 14.6. The van der Waals surface area contributed by atoms with E-state index >= 15 is 0 Å². The van der Waals surface area contributed by atoms with Crippen LogP contribution in [0.3, 0.4) is 0 Å². The third-order valence-corrected chi connectivity index (χ3v) is 20.6. The number of rotatable bonds is 30. The van der Waals surface area contributed by atoms with Crippen molar-refractivity contribution in [3.63, 3.8) is 0 Å². The van der Waals surface area contributed by atoms with Gasteiger partial charge in [0, 0.05) is 0 Å². The van der Waals surface area contributed by atoms with Crippen LogP contribution in [-0.4, -0.2) is 55.9 Å². The Hall–Kier alpha value is -0.420.